The molecule has 21 heavy (non-hydrogen) atoms. The molecule has 0 bridgehead atoms. The van der Waals surface area contributed by atoms with Crippen molar-refractivity contribution in [2.75, 3.05) is 0 Å². The molecule has 1 aromatic carbocycles. The van der Waals surface area contributed by atoms with Crippen molar-refractivity contribution >= 4 is 5.91 Å². The Balaban J connectivity index is 1.63. The highest BCUT2D eigenvalue weighted by molar-refractivity contribution is 5.94. The first-order chi connectivity index (χ1) is 10.1. The predicted octanol–water partition coefficient (Wildman–Crippen LogP) is 3.19. The van der Waals surface area contributed by atoms with Gasteiger partial charge in [-0.3, -0.25) is 4.79 Å². The zero-order valence-electron chi connectivity index (χ0n) is 11.8. The molecule has 1 heterocycles. The van der Waals surface area contributed by atoms with Gasteiger partial charge in [0.2, 0.25) is 0 Å². The van der Waals surface area contributed by atoms with E-state index >= 15 is 0 Å². The number of aromatic nitrogens is 1. The zero-order valence-corrected chi connectivity index (χ0v) is 11.8. The fourth-order valence-corrected chi connectivity index (χ4v) is 2.95. The molecule has 110 valence electrons. The van der Waals surface area contributed by atoms with Gasteiger partial charge in [0.05, 0.1) is 5.69 Å². The number of carbonyl (C=O) groups excluding carboxylic acids is 1. The lowest BCUT2D eigenvalue weighted by atomic mass is 9.97. The number of carbonyl (C=O) groups is 1. The number of nitrogens with one attached hydrogen (secondary N) is 1. The van der Waals surface area contributed by atoms with Gasteiger partial charge in [-0.15, -0.1) is 0 Å². The van der Waals surface area contributed by atoms with Gasteiger partial charge in [0.25, 0.3) is 5.91 Å². The molecule has 2 atom stereocenters. The van der Waals surface area contributed by atoms with Gasteiger partial charge in [-0.05, 0) is 49.8 Å². The number of hydrogen-bond donors (Lipinski definition) is 1. The van der Waals surface area contributed by atoms with Crippen molar-refractivity contribution in [2.24, 2.45) is 0 Å². The topological polar surface area (TPSA) is 55.1 Å². The molecular formula is C16H17FN2O2. The second-order valence-corrected chi connectivity index (χ2v) is 5.55. The summed E-state index contributed by atoms with van der Waals surface area (Å²) in [5, 5.41) is 6.71. The predicted molar refractivity (Wildman–Crippen MR) is 75.5 cm³/mol. The number of rotatable bonds is 3. The van der Waals surface area contributed by atoms with E-state index in [9.17, 15) is 9.18 Å². The van der Waals surface area contributed by atoms with Crippen LogP contribution in [0.15, 0.2) is 35.1 Å². The van der Waals surface area contributed by atoms with Crippen molar-refractivity contribution in [3.8, 4) is 0 Å². The van der Waals surface area contributed by atoms with Crippen LogP contribution in [-0.2, 0) is 0 Å². The van der Waals surface area contributed by atoms with E-state index in [4.69, 9.17) is 4.52 Å². The van der Waals surface area contributed by atoms with Crippen molar-refractivity contribution in [2.45, 2.75) is 38.1 Å². The molecule has 1 saturated carbocycles. The molecule has 0 radical (unpaired) electrons. The van der Waals surface area contributed by atoms with Crippen LogP contribution in [0.3, 0.4) is 0 Å². The first-order valence-electron chi connectivity index (χ1n) is 7.11. The number of aryl methyl sites for hydroxylation is 1. The molecule has 5 heteroatoms. The molecule has 1 N–H and O–H groups in total. The van der Waals surface area contributed by atoms with Crippen LogP contribution in [0.5, 0.6) is 0 Å². The fraction of sp³-hybridized carbons (Fsp3) is 0.375. The van der Waals surface area contributed by atoms with Gasteiger partial charge in [-0.1, -0.05) is 17.3 Å². The molecule has 1 amide bonds. The van der Waals surface area contributed by atoms with E-state index < -0.39 is 0 Å². The molecule has 1 aromatic heterocycles. The maximum absolute atomic E-state index is 13.3. The zero-order chi connectivity index (χ0) is 14.8. The number of nitrogens with zero attached hydrogens (tertiary/aromatic N) is 1. The highest BCUT2D eigenvalue weighted by atomic mass is 19.1. The summed E-state index contributed by atoms with van der Waals surface area (Å²) in [6.45, 7) is 1.74. The number of benzene rings is 1. The first kappa shape index (κ1) is 13.8. The van der Waals surface area contributed by atoms with Crippen LogP contribution in [-0.4, -0.2) is 17.1 Å². The summed E-state index contributed by atoms with van der Waals surface area (Å²) >= 11 is 0. The van der Waals surface area contributed by atoms with Gasteiger partial charge in [-0.2, -0.15) is 0 Å². The molecule has 0 aliphatic heterocycles. The summed E-state index contributed by atoms with van der Waals surface area (Å²) in [4.78, 5) is 12.1. The summed E-state index contributed by atoms with van der Waals surface area (Å²) in [5.41, 5.74) is 2.07. The minimum absolute atomic E-state index is 0.111. The Morgan fingerprint density at radius 2 is 2.29 bits per heavy atom. The maximum atomic E-state index is 13.3. The number of halogens is 1. The molecule has 2 aromatic rings. The smallest absolute Gasteiger partial charge is 0.256 e. The van der Waals surface area contributed by atoms with E-state index in [0.29, 0.717) is 17.2 Å². The molecule has 0 spiro atoms. The molecular weight excluding hydrogens is 271 g/mol. The van der Waals surface area contributed by atoms with E-state index in [2.05, 4.69) is 10.5 Å². The van der Waals surface area contributed by atoms with E-state index in [0.717, 1.165) is 24.8 Å². The largest absolute Gasteiger partial charge is 0.364 e. The SMILES string of the molecule is Cc1nocc1C(=O)NC1CCC(c2cccc(F)c2)C1. The summed E-state index contributed by atoms with van der Waals surface area (Å²) < 4.78 is 18.1. The van der Waals surface area contributed by atoms with E-state index in [1.165, 1.54) is 12.3 Å². The first-order valence-corrected chi connectivity index (χ1v) is 7.11. The van der Waals surface area contributed by atoms with Crippen LogP contribution in [0.25, 0.3) is 0 Å². The van der Waals surface area contributed by atoms with Crippen LogP contribution in [0, 0.1) is 12.7 Å². The number of hydrogen-bond acceptors (Lipinski definition) is 3. The van der Waals surface area contributed by atoms with Gasteiger partial charge >= 0.3 is 0 Å². The molecule has 3 rings (SSSR count). The van der Waals surface area contributed by atoms with Crippen LogP contribution in [0.4, 0.5) is 4.39 Å². The van der Waals surface area contributed by atoms with Gasteiger partial charge in [0, 0.05) is 6.04 Å². The Bertz CT molecular complexity index is 653. The lowest BCUT2D eigenvalue weighted by Crippen LogP contribution is -2.33. The van der Waals surface area contributed by atoms with Crippen LogP contribution in [0.1, 0.15) is 46.8 Å². The Morgan fingerprint density at radius 1 is 1.43 bits per heavy atom. The Morgan fingerprint density at radius 3 is 3.00 bits per heavy atom. The van der Waals surface area contributed by atoms with Crippen molar-refractivity contribution < 1.29 is 13.7 Å². The van der Waals surface area contributed by atoms with Crippen molar-refractivity contribution in [3.05, 3.63) is 53.2 Å². The van der Waals surface area contributed by atoms with Crippen molar-refractivity contribution in [1.29, 1.82) is 0 Å². The highest BCUT2D eigenvalue weighted by Gasteiger charge is 2.28. The van der Waals surface area contributed by atoms with Crippen LogP contribution in [0.2, 0.25) is 0 Å². The number of amides is 1. The standard InChI is InChI=1S/C16H17FN2O2/c1-10-15(9-21-19-10)16(20)18-14-6-5-12(8-14)11-3-2-4-13(17)7-11/h2-4,7,9,12,14H,5-6,8H2,1H3,(H,18,20). The Hall–Kier alpha value is -2.17. The lowest BCUT2D eigenvalue weighted by molar-refractivity contribution is 0.0936. The average Bonchev–Trinajstić information content (AvgIpc) is 3.08. The molecule has 0 saturated heterocycles. The monoisotopic (exact) mass is 288 g/mol. The van der Waals surface area contributed by atoms with Crippen molar-refractivity contribution in [3.63, 3.8) is 0 Å². The fourth-order valence-electron chi connectivity index (χ4n) is 2.95. The van der Waals surface area contributed by atoms with Gasteiger partial charge < -0.3 is 9.84 Å². The van der Waals surface area contributed by atoms with Crippen molar-refractivity contribution in [1.82, 2.24) is 10.5 Å². The third-order valence-electron chi connectivity index (χ3n) is 4.08. The minimum atomic E-state index is -0.208. The van der Waals surface area contributed by atoms with E-state index in [1.54, 1.807) is 19.1 Å². The average molecular weight is 288 g/mol. The van der Waals surface area contributed by atoms with E-state index in [1.807, 2.05) is 6.07 Å². The summed E-state index contributed by atoms with van der Waals surface area (Å²) in [6, 6.07) is 6.82. The molecule has 4 nitrogen and oxygen atoms in total. The maximum Gasteiger partial charge on any atom is 0.256 e. The second kappa shape index (κ2) is 5.68. The third-order valence-corrected chi connectivity index (χ3v) is 4.08. The van der Waals surface area contributed by atoms with Gasteiger partial charge in [0.15, 0.2) is 0 Å². The minimum Gasteiger partial charge on any atom is -0.364 e. The van der Waals surface area contributed by atoms with Crippen LogP contribution >= 0.6 is 0 Å². The second-order valence-electron chi connectivity index (χ2n) is 5.55. The summed E-state index contributed by atoms with van der Waals surface area (Å²) in [6.07, 6.45) is 4.05. The summed E-state index contributed by atoms with van der Waals surface area (Å²) in [7, 11) is 0. The Kier molecular flexibility index (Phi) is 3.73. The molecule has 1 aliphatic rings. The quantitative estimate of drug-likeness (QED) is 0.943. The molecule has 1 aliphatic carbocycles. The molecule has 2 unspecified atom stereocenters. The lowest BCUT2D eigenvalue weighted by Gasteiger charge is -2.13. The van der Waals surface area contributed by atoms with Crippen LogP contribution < -0.4 is 5.32 Å². The van der Waals surface area contributed by atoms with Gasteiger partial charge in [-0.25, -0.2) is 4.39 Å². The highest BCUT2D eigenvalue weighted by Crippen LogP contribution is 2.34. The summed E-state index contributed by atoms with van der Waals surface area (Å²) in [5.74, 6) is -0.0618. The van der Waals surface area contributed by atoms with E-state index in [-0.39, 0.29) is 17.8 Å². The molecule has 1 fully saturated rings. The van der Waals surface area contributed by atoms with Gasteiger partial charge in [0.1, 0.15) is 17.6 Å². The third kappa shape index (κ3) is 2.96. The Labute approximate surface area is 122 Å². The normalized spacial score (nSPS) is 21.4.